The second-order valence-corrected chi connectivity index (χ2v) is 4.73. The monoisotopic (exact) mass is 397 g/mol. The number of thiophene rings is 1. The van der Waals surface area contributed by atoms with Crippen LogP contribution in [0.15, 0.2) is 21.8 Å². The van der Waals surface area contributed by atoms with Crippen molar-refractivity contribution >= 4 is 41.3 Å². The number of rotatable bonds is 8. The zero-order chi connectivity index (χ0) is 13.1. The molecule has 110 valence electrons. The Kier molecular flexibility index (Phi) is 12.5. The van der Waals surface area contributed by atoms with Gasteiger partial charge in [0.05, 0.1) is 6.61 Å². The number of unbranched alkanes of at least 4 members (excludes halogenated alkanes) is 1. The van der Waals surface area contributed by atoms with Crippen molar-refractivity contribution in [2.24, 2.45) is 4.99 Å². The molecule has 0 saturated carbocycles. The van der Waals surface area contributed by atoms with E-state index in [0.29, 0.717) is 0 Å². The van der Waals surface area contributed by atoms with E-state index in [1.54, 1.807) is 18.4 Å². The van der Waals surface area contributed by atoms with Gasteiger partial charge in [0.2, 0.25) is 0 Å². The highest BCUT2D eigenvalue weighted by molar-refractivity contribution is 14.0. The molecule has 0 aliphatic heterocycles. The van der Waals surface area contributed by atoms with Crippen molar-refractivity contribution < 1.29 is 4.74 Å². The van der Waals surface area contributed by atoms with Crippen molar-refractivity contribution in [1.29, 1.82) is 0 Å². The Bertz CT molecular complexity index is 331. The van der Waals surface area contributed by atoms with Crippen molar-refractivity contribution in [2.45, 2.75) is 26.3 Å². The third-order valence-electron chi connectivity index (χ3n) is 2.44. The first-order chi connectivity index (χ1) is 8.86. The molecule has 0 saturated heterocycles. The first-order valence-electron chi connectivity index (χ1n) is 6.40. The van der Waals surface area contributed by atoms with Crippen LogP contribution in [0.5, 0.6) is 0 Å². The summed E-state index contributed by atoms with van der Waals surface area (Å²) in [7, 11) is 1.78. The van der Waals surface area contributed by atoms with Crippen LogP contribution in [0.3, 0.4) is 0 Å². The van der Waals surface area contributed by atoms with Crippen LogP contribution in [0.2, 0.25) is 0 Å². The molecule has 0 fully saturated rings. The number of aliphatic imine (C=N–C) groups is 1. The fourth-order valence-corrected chi connectivity index (χ4v) is 2.06. The molecule has 1 aromatic rings. The first-order valence-corrected chi connectivity index (χ1v) is 7.34. The maximum Gasteiger partial charge on any atom is 0.191 e. The smallest absolute Gasteiger partial charge is 0.191 e. The average molecular weight is 397 g/mol. The minimum absolute atomic E-state index is 0. The summed E-state index contributed by atoms with van der Waals surface area (Å²) < 4.78 is 5.48. The summed E-state index contributed by atoms with van der Waals surface area (Å²) in [5, 5.41) is 10.7. The third-order valence-corrected chi connectivity index (χ3v) is 3.18. The van der Waals surface area contributed by atoms with Gasteiger partial charge in [-0.3, -0.25) is 4.99 Å². The van der Waals surface area contributed by atoms with Gasteiger partial charge in [0.15, 0.2) is 5.96 Å². The lowest BCUT2D eigenvalue weighted by molar-refractivity contribution is 0.136. The van der Waals surface area contributed by atoms with Crippen molar-refractivity contribution in [3.63, 3.8) is 0 Å². The molecule has 0 spiro atoms. The van der Waals surface area contributed by atoms with Crippen LogP contribution < -0.4 is 10.6 Å². The fraction of sp³-hybridized carbons (Fsp3) is 0.615. The summed E-state index contributed by atoms with van der Waals surface area (Å²) in [6.45, 7) is 5.32. The Morgan fingerprint density at radius 3 is 2.84 bits per heavy atom. The number of hydrogen-bond acceptors (Lipinski definition) is 3. The van der Waals surface area contributed by atoms with Crippen LogP contribution in [0.4, 0.5) is 0 Å². The molecule has 19 heavy (non-hydrogen) atoms. The largest absolute Gasteiger partial charge is 0.380 e. The molecule has 0 aliphatic rings. The minimum atomic E-state index is 0. The molecule has 2 N–H and O–H groups in total. The maximum absolute atomic E-state index is 5.48. The lowest BCUT2D eigenvalue weighted by Crippen LogP contribution is -2.38. The van der Waals surface area contributed by atoms with E-state index in [-0.39, 0.29) is 24.0 Å². The molecule has 0 radical (unpaired) electrons. The molecule has 0 aromatic carbocycles. The molecule has 0 unspecified atom stereocenters. The van der Waals surface area contributed by atoms with Gasteiger partial charge >= 0.3 is 0 Å². The third kappa shape index (κ3) is 9.23. The number of nitrogens with zero attached hydrogens (tertiary/aromatic N) is 1. The van der Waals surface area contributed by atoms with E-state index in [2.05, 4.69) is 39.4 Å². The number of hydrogen-bond donors (Lipinski definition) is 2. The zero-order valence-electron chi connectivity index (χ0n) is 11.6. The van der Waals surface area contributed by atoms with E-state index >= 15 is 0 Å². The van der Waals surface area contributed by atoms with Gasteiger partial charge in [-0.05, 0) is 28.8 Å². The van der Waals surface area contributed by atoms with Crippen LogP contribution in [-0.2, 0) is 11.3 Å². The summed E-state index contributed by atoms with van der Waals surface area (Å²) >= 11 is 1.71. The van der Waals surface area contributed by atoms with Gasteiger partial charge in [-0.15, -0.1) is 24.0 Å². The number of guanidine groups is 1. The molecular formula is C13H24IN3OS. The lowest BCUT2D eigenvalue weighted by atomic mass is 10.3. The summed E-state index contributed by atoms with van der Waals surface area (Å²) in [6.07, 6.45) is 2.31. The van der Waals surface area contributed by atoms with Crippen molar-refractivity contribution in [1.82, 2.24) is 10.6 Å². The van der Waals surface area contributed by atoms with E-state index in [1.165, 1.54) is 12.0 Å². The van der Waals surface area contributed by atoms with Gasteiger partial charge < -0.3 is 15.4 Å². The second-order valence-electron chi connectivity index (χ2n) is 3.95. The minimum Gasteiger partial charge on any atom is -0.380 e. The molecule has 6 heteroatoms. The van der Waals surface area contributed by atoms with E-state index < -0.39 is 0 Å². The molecular weight excluding hydrogens is 373 g/mol. The molecule has 0 aliphatic carbocycles. The molecule has 0 amide bonds. The molecule has 1 aromatic heterocycles. The molecule has 0 bridgehead atoms. The Labute approximate surface area is 137 Å². The first kappa shape index (κ1) is 18.7. The Hall–Kier alpha value is -0.340. The molecule has 0 atom stereocenters. The van der Waals surface area contributed by atoms with Crippen molar-refractivity contribution in [3.05, 3.63) is 22.4 Å². The second kappa shape index (κ2) is 12.7. The number of ether oxygens (including phenoxy) is 1. The maximum atomic E-state index is 5.48. The van der Waals surface area contributed by atoms with Crippen LogP contribution in [0.25, 0.3) is 0 Å². The van der Waals surface area contributed by atoms with Gasteiger partial charge in [-0.25, -0.2) is 0 Å². The number of halogens is 1. The predicted molar refractivity (Wildman–Crippen MR) is 93.7 cm³/mol. The normalized spacial score (nSPS) is 10.9. The predicted octanol–water partition coefficient (Wildman–Crippen LogP) is 2.85. The van der Waals surface area contributed by atoms with Crippen LogP contribution in [-0.4, -0.2) is 32.8 Å². The van der Waals surface area contributed by atoms with Gasteiger partial charge in [0.1, 0.15) is 0 Å². The van der Waals surface area contributed by atoms with E-state index in [9.17, 15) is 0 Å². The SMILES string of the molecule is CCCCOCCNC(=NC)NCc1ccsc1.I. The summed E-state index contributed by atoms with van der Waals surface area (Å²) in [4.78, 5) is 4.16. The standard InChI is InChI=1S/C13H23N3OS.HI/c1-3-4-7-17-8-6-15-13(14-2)16-10-12-5-9-18-11-12;/h5,9,11H,3-4,6-8,10H2,1-2H3,(H2,14,15,16);1H. The van der Waals surface area contributed by atoms with E-state index in [0.717, 1.165) is 38.7 Å². The van der Waals surface area contributed by atoms with E-state index in [1.807, 2.05) is 0 Å². The fourth-order valence-electron chi connectivity index (χ4n) is 1.39. The van der Waals surface area contributed by atoms with E-state index in [4.69, 9.17) is 4.74 Å². The Balaban J connectivity index is 0.00000324. The zero-order valence-corrected chi connectivity index (χ0v) is 14.8. The van der Waals surface area contributed by atoms with Crippen LogP contribution in [0, 0.1) is 0 Å². The highest BCUT2D eigenvalue weighted by Crippen LogP contribution is 2.04. The highest BCUT2D eigenvalue weighted by Gasteiger charge is 1.97. The topological polar surface area (TPSA) is 45.6 Å². The molecule has 4 nitrogen and oxygen atoms in total. The van der Waals surface area contributed by atoms with Gasteiger partial charge in [0, 0.05) is 26.7 Å². The van der Waals surface area contributed by atoms with Gasteiger partial charge in [-0.1, -0.05) is 13.3 Å². The van der Waals surface area contributed by atoms with Crippen molar-refractivity contribution in [2.75, 3.05) is 26.8 Å². The van der Waals surface area contributed by atoms with Crippen LogP contribution >= 0.6 is 35.3 Å². The molecule has 1 rings (SSSR count). The van der Waals surface area contributed by atoms with Crippen LogP contribution in [0.1, 0.15) is 25.3 Å². The van der Waals surface area contributed by atoms with Gasteiger partial charge in [-0.2, -0.15) is 11.3 Å². The average Bonchev–Trinajstić information content (AvgIpc) is 2.90. The lowest BCUT2D eigenvalue weighted by Gasteiger charge is -2.11. The number of nitrogens with one attached hydrogen (secondary N) is 2. The van der Waals surface area contributed by atoms with Gasteiger partial charge in [0.25, 0.3) is 0 Å². The highest BCUT2D eigenvalue weighted by atomic mass is 127. The summed E-state index contributed by atoms with van der Waals surface area (Å²) in [5.41, 5.74) is 1.28. The Morgan fingerprint density at radius 2 is 2.21 bits per heavy atom. The quantitative estimate of drug-likeness (QED) is 0.307. The Morgan fingerprint density at radius 1 is 1.37 bits per heavy atom. The molecule has 1 heterocycles. The summed E-state index contributed by atoms with van der Waals surface area (Å²) in [6, 6.07) is 2.11. The summed E-state index contributed by atoms with van der Waals surface area (Å²) in [5.74, 6) is 0.820. The van der Waals surface area contributed by atoms with Crippen molar-refractivity contribution in [3.8, 4) is 0 Å².